The van der Waals surface area contributed by atoms with Crippen LogP contribution in [0.4, 0.5) is 4.79 Å². The third-order valence-electron chi connectivity index (χ3n) is 6.09. The van der Waals surface area contributed by atoms with E-state index >= 15 is 0 Å². The molecule has 22 heavy (non-hydrogen) atoms. The van der Waals surface area contributed by atoms with Gasteiger partial charge >= 0.3 is 6.09 Å². The van der Waals surface area contributed by atoms with Crippen LogP contribution in [0.2, 0.25) is 0 Å². The van der Waals surface area contributed by atoms with Crippen molar-refractivity contribution in [1.82, 2.24) is 9.80 Å². The third-order valence-corrected chi connectivity index (χ3v) is 6.09. The Morgan fingerprint density at radius 1 is 1.09 bits per heavy atom. The van der Waals surface area contributed by atoms with Crippen LogP contribution in [0.15, 0.2) is 0 Å². The molecule has 2 aliphatic carbocycles. The molecule has 0 aromatic rings. The molecule has 3 aliphatic heterocycles. The summed E-state index contributed by atoms with van der Waals surface area (Å²) < 4.78 is 4.92. The van der Waals surface area contributed by atoms with Crippen molar-refractivity contribution in [3.8, 4) is 0 Å². The van der Waals surface area contributed by atoms with E-state index in [9.17, 15) is 9.59 Å². The molecule has 5 heteroatoms. The molecule has 5 fully saturated rings. The maximum Gasteiger partial charge on any atom is 0.409 e. The molecule has 0 N–H and O–H groups in total. The zero-order valence-electron chi connectivity index (χ0n) is 13.2. The van der Waals surface area contributed by atoms with E-state index in [1.54, 1.807) is 4.90 Å². The summed E-state index contributed by atoms with van der Waals surface area (Å²) in [6.07, 6.45) is 7.67. The number of nitrogens with zero attached hydrogens (tertiary/aromatic N) is 2. The van der Waals surface area contributed by atoms with E-state index in [1.807, 2.05) is 0 Å². The minimum absolute atomic E-state index is 0.224. The van der Waals surface area contributed by atoms with Crippen molar-refractivity contribution in [1.29, 1.82) is 0 Å². The average Bonchev–Trinajstić information content (AvgIpc) is 2.78. The minimum atomic E-state index is -0.224. The molecule has 2 atom stereocenters. The average molecular weight is 306 g/mol. The molecule has 5 aliphatic rings. The molecule has 4 bridgehead atoms. The molecule has 5 rings (SSSR count). The lowest BCUT2D eigenvalue weighted by molar-refractivity contribution is -0.134. The Kier molecular flexibility index (Phi) is 3.74. The highest BCUT2D eigenvalue weighted by atomic mass is 16.6. The van der Waals surface area contributed by atoms with E-state index in [-0.39, 0.29) is 6.09 Å². The summed E-state index contributed by atoms with van der Waals surface area (Å²) in [6, 6.07) is 0.500. The van der Waals surface area contributed by atoms with Crippen LogP contribution in [0.3, 0.4) is 0 Å². The summed E-state index contributed by atoms with van der Waals surface area (Å²) in [5.74, 6) is 2.80. The van der Waals surface area contributed by atoms with Crippen LogP contribution < -0.4 is 0 Å². The number of cyclic esters (lactones) is 1. The normalized spacial score (nSPS) is 36.6. The van der Waals surface area contributed by atoms with Crippen LogP contribution in [0.5, 0.6) is 0 Å². The van der Waals surface area contributed by atoms with E-state index in [0.717, 1.165) is 30.7 Å². The van der Waals surface area contributed by atoms with Gasteiger partial charge in [0.25, 0.3) is 0 Å². The Balaban J connectivity index is 1.31. The Morgan fingerprint density at radius 2 is 1.82 bits per heavy atom. The quantitative estimate of drug-likeness (QED) is 0.800. The first kappa shape index (κ1) is 14.3. The van der Waals surface area contributed by atoms with E-state index in [0.29, 0.717) is 38.1 Å². The summed E-state index contributed by atoms with van der Waals surface area (Å²) in [5.41, 5.74) is 0. The molecular weight excluding hydrogens is 280 g/mol. The smallest absolute Gasteiger partial charge is 0.409 e. The zero-order chi connectivity index (χ0) is 15.1. The van der Waals surface area contributed by atoms with Crippen LogP contribution in [-0.2, 0) is 9.53 Å². The number of carbonyl (C=O) groups excluding carboxylic acids is 2. The zero-order valence-corrected chi connectivity index (χ0v) is 13.2. The van der Waals surface area contributed by atoms with Gasteiger partial charge in [0.2, 0.25) is 5.91 Å². The van der Waals surface area contributed by atoms with Crippen LogP contribution >= 0.6 is 0 Å². The Hall–Kier alpha value is -1.26. The van der Waals surface area contributed by atoms with Crippen molar-refractivity contribution in [2.75, 3.05) is 26.2 Å². The first-order chi connectivity index (χ1) is 10.7. The van der Waals surface area contributed by atoms with Crippen molar-refractivity contribution >= 4 is 12.0 Å². The van der Waals surface area contributed by atoms with Gasteiger partial charge in [-0.05, 0) is 56.3 Å². The van der Waals surface area contributed by atoms with Crippen LogP contribution in [0, 0.1) is 17.8 Å². The fourth-order valence-electron chi connectivity index (χ4n) is 5.28. The van der Waals surface area contributed by atoms with Gasteiger partial charge in [-0.25, -0.2) is 4.79 Å². The third kappa shape index (κ3) is 2.70. The predicted octanol–water partition coefficient (Wildman–Crippen LogP) is 2.26. The first-order valence-corrected chi connectivity index (χ1v) is 8.90. The molecule has 2 amide bonds. The van der Waals surface area contributed by atoms with Crippen molar-refractivity contribution in [2.24, 2.45) is 17.8 Å². The maximum atomic E-state index is 12.7. The van der Waals surface area contributed by atoms with Gasteiger partial charge in [0.1, 0.15) is 6.61 Å². The van der Waals surface area contributed by atoms with Gasteiger partial charge in [-0.3, -0.25) is 4.79 Å². The van der Waals surface area contributed by atoms with E-state index in [2.05, 4.69) is 4.90 Å². The maximum absolute atomic E-state index is 12.7. The van der Waals surface area contributed by atoms with E-state index < -0.39 is 0 Å². The summed E-state index contributed by atoms with van der Waals surface area (Å²) >= 11 is 0. The first-order valence-electron chi connectivity index (χ1n) is 8.90. The van der Waals surface area contributed by atoms with Gasteiger partial charge in [-0.2, -0.15) is 0 Å². The summed E-state index contributed by atoms with van der Waals surface area (Å²) in [5, 5.41) is 0. The fourth-order valence-corrected chi connectivity index (χ4v) is 5.28. The predicted molar refractivity (Wildman–Crippen MR) is 81.2 cm³/mol. The van der Waals surface area contributed by atoms with Gasteiger partial charge < -0.3 is 14.5 Å². The lowest BCUT2D eigenvalue weighted by Crippen LogP contribution is -2.42. The largest absolute Gasteiger partial charge is 0.448 e. The monoisotopic (exact) mass is 306 g/mol. The molecule has 3 heterocycles. The summed E-state index contributed by atoms with van der Waals surface area (Å²) in [6.45, 7) is 2.80. The molecule has 122 valence electrons. The molecule has 0 aromatic heterocycles. The second-order valence-corrected chi connectivity index (χ2v) is 7.68. The molecular formula is C17H26N2O3. The molecule has 2 unspecified atom stereocenters. The van der Waals surface area contributed by atoms with Crippen LogP contribution in [0.1, 0.15) is 44.9 Å². The standard InChI is InChI=1S/C17H26N2O3/c20-16(2-1-3-18-4-5-22-17(18)21)19-11-14-7-12-6-13(8-14)10-15(19)9-12/h12-15H,1-11H2. The number of rotatable bonds is 4. The van der Waals surface area contributed by atoms with Gasteiger partial charge in [0.05, 0.1) is 6.54 Å². The topological polar surface area (TPSA) is 49.9 Å². The lowest BCUT2D eigenvalue weighted by atomic mass is 9.68. The van der Waals surface area contributed by atoms with Gasteiger partial charge in [-0.1, -0.05) is 0 Å². The Bertz CT molecular complexity index is 453. The van der Waals surface area contributed by atoms with Crippen LogP contribution in [0.25, 0.3) is 0 Å². The highest BCUT2D eigenvalue weighted by Crippen LogP contribution is 2.47. The number of hydrogen-bond donors (Lipinski definition) is 0. The van der Waals surface area contributed by atoms with Gasteiger partial charge in [0.15, 0.2) is 0 Å². The second-order valence-electron chi connectivity index (χ2n) is 7.68. The van der Waals surface area contributed by atoms with Crippen molar-refractivity contribution in [3.63, 3.8) is 0 Å². The fraction of sp³-hybridized carbons (Fsp3) is 0.882. The molecule has 2 saturated carbocycles. The highest BCUT2D eigenvalue weighted by molar-refractivity contribution is 5.77. The Morgan fingerprint density at radius 3 is 2.50 bits per heavy atom. The minimum Gasteiger partial charge on any atom is -0.448 e. The lowest BCUT2D eigenvalue weighted by Gasteiger charge is -2.39. The van der Waals surface area contributed by atoms with E-state index in [1.165, 1.54) is 32.1 Å². The molecule has 0 radical (unpaired) electrons. The second kappa shape index (κ2) is 5.74. The van der Waals surface area contributed by atoms with Crippen molar-refractivity contribution in [3.05, 3.63) is 0 Å². The van der Waals surface area contributed by atoms with E-state index in [4.69, 9.17) is 4.74 Å². The summed E-state index contributed by atoms with van der Waals surface area (Å²) in [4.78, 5) is 28.0. The number of ether oxygens (including phenoxy) is 1. The highest BCUT2D eigenvalue weighted by Gasteiger charge is 2.43. The van der Waals surface area contributed by atoms with Gasteiger partial charge in [-0.15, -0.1) is 0 Å². The number of amides is 2. The Labute approximate surface area is 132 Å². The molecule has 5 nitrogen and oxygen atoms in total. The van der Waals surface area contributed by atoms with Crippen molar-refractivity contribution < 1.29 is 14.3 Å². The van der Waals surface area contributed by atoms with Crippen LogP contribution in [-0.4, -0.2) is 54.1 Å². The number of fused-ring (bicyclic) bond motifs is 1. The SMILES string of the molecule is O=C1OCCN1CCCC(=O)N1CC2CC3CC(C2)CC1C3. The molecule has 3 saturated heterocycles. The summed E-state index contributed by atoms with van der Waals surface area (Å²) in [7, 11) is 0. The molecule has 0 spiro atoms. The van der Waals surface area contributed by atoms with Gasteiger partial charge in [0, 0.05) is 25.6 Å². The van der Waals surface area contributed by atoms with Crippen molar-refractivity contribution in [2.45, 2.75) is 51.0 Å². The number of hydrogen-bond acceptors (Lipinski definition) is 3. The number of carbonyl (C=O) groups is 2. The molecule has 0 aromatic carbocycles.